The van der Waals surface area contributed by atoms with Gasteiger partial charge in [-0.1, -0.05) is 35.9 Å². The van der Waals surface area contributed by atoms with E-state index in [2.05, 4.69) is 4.98 Å². The topological polar surface area (TPSA) is 62.3 Å². The smallest absolute Gasteiger partial charge is 0.195 e. The van der Waals surface area contributed by atoms with E-state index in [-0.39, 0.29) is 24.3 Å². The van der Waals surface area contributed by atoms with E-state index in [1.165, 1.54) is 6.20 Å². The van der Waals surface area contributed by atoms with Gasteiger partial charge < -0.3 is 14.8 Å². The zero-order chi connectivity index (χ0) is 22.1. The van der Waals surface area contributed by atoms with Crippen LogP contribution >= 0.6 is 11.6 Å². The number of ketones is 1. The lowest BCUT2D eigenvalue weighted by Gasteiger charge is -2.13. The van der Waals surface area contributed by atoms with Crippen molar-refractivity contribution in [1.29, 1.82) is 0 Å². The van der Waals surface area contributed by atoms with Crippen molar-refractivity contribution in [3.63, 3.8) is 0 Å². The molecule has 8 heteroatoms. The maximum absolute atomic E-state index is 13.6. The number of hydrogen-bond acceptors (Lipinski definition) is 3. The first-order chi connectivity index (χ1) is 14.9. The van der Waals surface area contributed by atoms with Crippen LogP contribution in [0, 0.1) is 17.5 Å². The number of aromatic amines is 1. The van der Waals surface area contributed by atoms with Crippen molar-refractivity contribution in [2.24, 2.45) is 0 Å². The number of rotatable bonds is 6. The summed E-state index contributed by atoms with van der Waals surface area (Å²) in [5.41, 5.74) is 1.59. The monoisotopic (exact) mass is 445 g/mol. The highest BCUT2D eigenvalue weighted by Gasteiger charge is 2.21. The molecule has 3 aromatic carbocycles. The largest absolute Gasteiger partial charge is 0.490 e. The summed E-state index contributed by atoms with van der Waals surface area (Å²) in [5.74, 6) is -4.74. The first-order valence-corrected chi connectivity index (χ1v) is 9.62. The molecule has 0 aliphatic carbocycles. The molecule has 4 nitrogen and oxygen atoms in total. The maximum Gasteiger partial charge on any atom is 0.195 e. The Kier molecular flexibility index (Phi) is 5.71. The van der Waals surface area contributed by atoms with Gasteiger partial charge in [0, 0.05) is 33.8 Å². The highest BCUT2D eigenvalue weighted by Crippen LogP contribution is 2.40. The molecule has 0 radical (unpaired) electrons. The molecule has 0 amide bonds. The maximum atomic E-state index is 13.6. The average molecular weight is 446 g/mol. The fraction of sp³-hybridized carbons (Fsp3) is 0.0870. The molecule has 158 valence electrons. The standard InChI is InChI=1S/C23H15ClF3NO3/c24-16-5-2-6-19(31-8-7-29)20(16)14-4-1-3-13-15(11-28-22(13)14)23(30)12-9-17(25)21(27)18(26)10-12/h1-6,9-11,28-29H,7-8H2. The number of aliphatic hydroxyl groups excluding tert-OH is 1. The third-order valence-electron chi connectivity index (χ3n) is 4.80. The Morgan fingerprint density at radius 3 is 2.48 bits per heavy atom. The molecule has 0 aliphatic heterocycles. The van der Waals surface area contributed by atoms with Crippen molar-refractivity contribution >= 4 is 28.3 Å². The summed E-state index contributed by atoms with van der Waals surface area (Å²) < 4.78 is 46.1. The second kappa shape index (κ2) is 8.45. The Balaban J connectivity index is 1.85. The number of aliphatic hydroxyl groups is 1. The Morgan fingerprint density at radius 1 is 1.06 bits per heavy atom. The van der Waals surface area contributed by atoms with Gasteiger partial charge in [-0.2, -0.15) is 0 Å². The van der Waals surface area contributed by atoms with Crippen LogP contribution in [0.5, 0.6) is 5.75 Å². The molecule has 0 unspecified atom stereocenters. The van der Waals surface area contributed by atoms with Crippen LogP contribution in [0.4, 0.5) is 13.2 Å². The molecule has 0 fully saturated rings. The van der Waals surface area contributed by atoms with Crippen molar-refractivity contribution < 1.29 is 27.8 Å². The van der Waals surface area contributed by atoms with Gasteiger partial charge in [0.25, 0.3) is 0 Å². The van der Waals surface area contributed by atoms with Crippen molar-refractivity contribution in [1.82, 2.24) is 4.98 Å². The fourth-order valence-electron chi connectivity index (χ4n) is 3.43. The van der Waals surface area contributed by atoms with Gasteiger partial charge in [-0.25, -0.2) is 13.2 Å². The van der Waals surface area contributed by atoms with E-state index < -0.39 is 23.2 Å². The summed E-state index contributed by atoms with van der Waals surface area (Å²) in [6.07, 6.45) is 1.42. The molecule has 0 saturated heterocycles. The minimum absolute atomic E-state index is 0.0689. The van der Waals surface area contributed by atoms with Gasteiger partial charge in [0.05, 0.1) is 17.1 Å². The third-order valence-corrected chi connectivity index (χ3v) is 5.11. The number of nitrogens with one attached hydrogen (secondary N) is 1. The van der Waals surface area contributed by atoms with Crippen LogP contribution in [0.2, 0.25) is 5.02 Å². The number of ether oxygens (including phenoxy) is 1. The molecular weight excluding hydrogens is 431 g/mol. The Morgan fingerprint density at radius 2 is 1.77 bits per heavy atom. The second-order valence-corrected chi connectivity index (χ2v) is 7.11. The molecular formula is C23H15ClF3NO3. The van der Waals surface area contributed by atoms with Gasteiger partial charge in [0.2, 0.25) is 0 Å². The second-order valence-electron chi connectivity index (χ2n) is 6.70. The number of benzene rings is 3. The van der Waals surface area contributed by atoms with Crippen molar-refractivity contribution in [3.05, 3.63) is 88.3 Å². The van der Waals surface area contributed by atoms with Gasteiger partial charge in [-0.05, 0) is 24.3 Å². The lowest BCUT2D eigenvalue weighted by atomic mass is 9.98. The Labute approximate surface area is 179 Å². The third kappa shape index (κ3) is 3.78. The number of carbonyl (C=O) groups excluding carboxylic acids is 1. The van der Waals surface area contributed by atoms with E-state index in [4.69, 9.17) is 21.4 Å². The van der Waals surface area contributed by atoms with E-state index in [0.717, 1.165) is 0 Å². The zero-order valence-electron chi connectivity index (χ0n) is 15.9. The average Bonchev–Trinajstić information content (AvgIpc) is 3.19. The van der Waals surface area contributed by atoms with Crippen LogP contribution < -0.4 is 4.74 Å². The van der Waals surface area contributed by atoms with Crippen LogP contribution in [0.15, 0.2) is 54.7 Å². The van der Waals surface area contributed by atoms with Gasteiger partial charge >= 0.3 is 0 Å². The van der Waals surface area contributed by atoms with Gasteiger partial charge in [-0.3, -0.25) is 4.79 Å². The SMILES string of the molecule is O=C(c1cc(F)c(F)c(F)c1)c1c[nH]c2c(-c3c(Cl)cccc3OCCO)cccc12. The van der Waals surface area contributed by atoms with Crippen molar-refractivity contribution in [2.75, 3.05) is 13.2 Å². The van der Waals surface area contributed by atoms with Crippen LogP contribution in [0.3, 0.4) is 0 Å². The van der Waals surface area contributed by atoms with Gasteiger partial charge in [0.15, 0.2) is 23.2 Å². The molecule has 0 aliphatic rings. The van der Waals surface area contributed by atoms with Crippen molar-refractivity contribution in [3.8, 4) is 16.9 Å². The van der Waals surface area contributed by atoms with Crippen LogP contribution in [-0.4, -0.2) is 29.1 Å². The number of fused-ring (bicyclic) bond motifs is 1. The quantitative estimate of drug-likeness (QED) is 0.304. The lowest BCUT2D eigenvalue weighted by molar-refractivity contribution is 0.103. The predicted octanol–water partition coefficient (Wildman–Crippen LogP) is 5.51. The number of H-pyrrole nitrogens is 1. The summed E-state index contributed by atoms with van der Waals surface area (Å²) in [4.78, 5) is 15.9. The lowest BCUT2D eigenvalue weighted by Crippen LogP contribution is -2.04. The summed E-state index contributed by atoms with van der Waals surface area (Å²) in [6, 6.07) is 11.6. The molecule has 2 N–H and O–H groups in total. The molecule has 1 aromatic heterocycles. The number of carbonyl (C=O) groups is 1. The highest BCUT2D eigenvalue weighted by atomic mass is 35.5. The summed E-state index contributed by atoms with van der Waals surface area (Å²) in [7, 11) is 0. The molecule has 4 rings (SSSR count). The van der Waals surface area contributed by atoms with Crippen LogP contribution in [0.1, 0.15) is 15.9 Å². The fourth-order valence-corrected chi connectivity index (χ4v) is 3.70. The Bertz CT molecular complexity index is 1280. The summed E-state index contributed by atoms with van der Waals surface area (Å²) in [5, 5.41) is 9.96. The van der Waals surface area contributed by atoms with E-state index in [1.807, 2.05) is 0 Å². The number of para-hydroxylation sites is 1. The highest BCUT2D eigenvalue weighted by molar-refractivity contribution is 6.34. The van der Waals surface area contributed by atoms with E-state index in [9.17, 15) is 18.0 Å². The van der Waals surface area contributed by atoms with E-state index >= 15 is 0 Å². The molecule has 0 saturated carbocycles. The Hall–Kier alpha value is -3.29. The minimum Gasteiger partial charge on any atom is -0.490 e. The number of halogens is 4. The minimum atomic E-state index is -1.63. The number of hydrogen-bond donors (Lipinski definition) is 2. The summed E-state index contributed by atoms with van der Waals surface area (Å²) >= 11 is 6.42. The zero-order valence-corrected chi connectivity index (χ0v) is 16.6. The molecule has 1 heterocycles. The van der Waals surface area contributed by atoms with E-state index in [1.54, 1.807) is 36.4 Å². The normalized spacial score (nSPS) is 11.1. The van der Waals surface area contributed by atoms with E-state index in [0.29, 0.717) is 44.9 Å². The molecule has 31 heavy (non-hydrogen) atoms. The first kappa shape index (κ1) is 21.0. The van der Waals surface area contributed by atoms with Crippen LogP contribution in [-0.2, 0) is 0 Å². The molecule has 0 spiro atoms. The van der Waals surface area contributed by atoms with Crippen LogP contribution in [0.25, 0.3) is 22.0 Å². The first-order valence-electron chi connectivity index (χ1n) is 9.24. The molecule has 4 aromatic rings. The predicted molar refractivity (Wildman–Crippen MR) is 111 cm³/mol. The van der Waals surface area contributed by atoms with Crippen molar-refractivity contribution in [2.45, 2.75) is 0 Å². The molecule has 0 atom stereocenters. The van der Waals surface area contributed by atoms with Gasteiger partial charge in [-0.15, -0.1) is 0 Å². The number of aromatic nitrogens is 1. The summed E-state index contributed by atoms with van der Waals surface area (Å²) in [6.45, 7) is -0.110. The van der Waals surface area contributed by atoms with Gasteiger partial charge in [0.1, 0.15) is 12.4 Å². The molecule has 0 bridgehead atoms.